The van der Waals surface area contributed by atoms with Crippen LogP contribution in [0.5, 0.6) is 11.5 Å². The first-order valence-corrected chi connectivity index (χ1v) is 9.96. The summed E-state index contributed by atoms with van der Waals surface area (Å²) in [5.74, 6) is 0.879. The number of benzene rings is 2. The van der Waals surface area contributed by atoms with Crippen LogP contribution in [0.3, 0.4) is 0 Å². The lowest BCUT2D eigenvalue weighted by molar-refractivity contribution is -0.126. The van der Waals surface area contributed by atoms with Crippen LogP contribution in [0.1, 0.15) is 28.8 Å². The smallest absolute Gasteiger partial charge is 0.261 e. The van der Waals surface area contributed by atoms with Gasteiger partial charge in [0.2, 0.25) is 5.91 Å². The van der Waals surface area contributed by atoms with Gasteiger partial charge < -0.3 is 19.7 Å². The highest BCUT2D eigenvalue weighted by Crippen LogP contribution is 2.31. The molecule has 0 saturated carbocycles. The maximum absolute atomic E-state index is 13.0. The zero-order chi connectivity index (χ0) is 20.6. The van der Waals surface area contributed by atoms with Crippen LogP contribution in [-0.2, 0) is 11.2 Å². The second kappa shape index (κ2) is 9.96. The van der Waals surface area contributed by atoms with Gasteiger partial charge in [0.15, 0.2) is 0 Å². The van der Waals surface area contributed by atoms with E-state index in [1.54, 1.807) is 23.1 Å². The third-order valence-electron chi connectivity index (χ3n) is 5.35. The minimum atomic E-state index is -0.123. The standard InChI is InChI=1S/C23H28N2O4/c1-28-19-9-6-10-20(29-2)21(19)23(27)25-15-12-18(13-16-25)22(26)24-14-11-17-7-4-3-5-8-17/h3-10,18H,11-16H2,1-2H3,(H,24,26). The summed E-state index contributed by atoms with van der Waals surface area (Å²) < 4.78 is 10.7. The lowest BCUT2D eigenvalue weighted by atomic mass is 9.95. The zero-order valence-corrected chi connectivity index (χ0v) is 17.0. The molecule has 1 heterocycles. The van der Waals surface area contributed by atoms with E-state index in [0.717, 1.165) is 6.42 Å². The highest BCUT2D eigenvalue weighted by atomic mass is 16.5. The molecule has 3 rings (SSSR count). The number of likely N-dealkylation sites (tertiary alicyclic amines) is 1. The number of carbonyl (C=O) groups is 2. The average Bonchev–Trinajstić information content (AvgIpc) is 2.78. The SMILES string of the molecule is COc1cccc(OC)c1C(=O)N1CCC(C(=O)NCCc2ccccc2)CC1. The molecule has 0 radical (unpaired) electrons. The highest BCUT2D eigenvalue weighted by Gasteiger charge is 2.30. The monoisotopic (exact) mass is 396 g/mol. The Kier molecular flexibility index (Phi) is 7.11. The van der Waals surface area contributed by atoms with Crippen LogP contribution < -0.4 is 14.8 Å². The molecule has 0 spiro atoms. The molecule has 0 aromatic heterocycles. The summed E-state index contributed by atoms with van der Waals surface area (Å²) in [7, 11) is 3.08. The Labute approximate surface area is 171 Å². The Morgan fingerprint density at radius 2 is 1.59 bits per heavy atom. The van der Waals surface area contributed by atoms with Gasteiger partial charge in [-0.15, -0.1) is 0 Å². The molecule has 0 aliphatic carbocycles. The van der Waals surface area contributed by atoms with Crippen LogP contribution in [0.2, 0.25) is 0 Å². The lowest BCUT2D eigenvalue weighted by Gasteiger charge is -2.32. The first-order valence-electron chi connectivity index (χ1n) is 9.96. The van der Waals surface area contributed by atoms with Gasteiger partial charge in [0, 0.05) is 25.6 Å². The predicted octanol–water partition coefficient (Wildman–Crippen LogP) is 2.91. The number of ether oxygens (including phenoxy) is 2. The van der Waals surface area contributed by atoms with E-state index in [9.17, 15) is 9.59 Å². The number of methoxy groups -OCH3 is 2. The summed E-state index contributed by atoms with van der Waals surface area (Å²) in [6, 6.07) is 15.4. The number of rotatable bonds is 7. The summed E-state index contributed by atoms with van der Waals surface area (Å²) in [5.41, 5.74) is 1.64. The molecule has 1 fully saturated rings. The molecule has 1 saturated heterocycles. The second-order valence-corrected chi connectivity index (χ2v) is 7.13. The number of carbonyl (C=O) groups excluding carboxylic acids is 2. The van der Waals surface area contributed by atoms with Crippen LogP contribution >= 0.6 is 0 Å². The fourth-order valence-electron chi connectivity index (χ4n) is 3.68. The number of piperidine rings is 1. The molecule has 154 valence electrons. The molecule has 1 aliphatic heterocycles. The first kappa shape index (κ1) is 20.7. The molecule has 6 nitrogen and oxygen atoms in total. The summed E-state index contributed by atoms with van der Waals surface area (Å²) in [4.78, 5) is 27.3. The number of nitrogens with zero attached hydrogens (tertiary/aromatic N) is 1. The van der Waals surface area contributed by atoms with Crippen LogP contribution in [0, 0.1) is 5.92 Å². The third-order valence-corrected chi connectivity index (χ3v) is 5.35. The van der Waals surface area contributed by atoms with Crippen molar-refractivity contribution in [2.45, 2.75) is 19.3 Å². The van der Waals surface area contributed by atoms with Crippen molar-refractivity contribution in [1.82, 2.24) is 10.2 Å². The summed E-state index contributed by atoms with van der Waals surface area (Å²) in [6.45, 7) is 1.70. The van der Waals surface area contributed by atoms with Crippen LogP contribution in [0.4, 0.5) is 0 Å². The van der Waals surface area contributed by atoms with Gasteiger partial charge in [-0.1, -0.05) is 36.4 Å². The van der Waals surface area contributed by atoms with Crippen molar-refractivity contribution >= 4 is 11.8 Å². The van der Waals surface area contributed by atoms with E-state index >= 15 is 0 Å². The largest absolute Gasteiger partial charge is 0.496 e. The normalized spacial score (nSPS) is 14.3. The van der Waals surface area contributed by atoms with Gasteiger partial charge in [-0.25, -0.2) is 0 Å². The molecule has 1 N–H and O–H groups in total. The van der Waals surface area contributed by atoms with E-state index in [4.69, 9.17) is 9.47 Å². The lowest BCUT2D eigenvalue weighted by Crippen LogP contribution is -2.43. The van der Waals surface area contributed by atoms with E-state index in [-0.39, 0.29) is 17.7 Å². The average molecular weight is 396 g/mol. The molecule has 0 unspecified atom stereocenters. The van der Waals surface area contributed by atoms with Crippen molar-refractivity contribution in [3.05, 3.63) is 59.7 Å². The summed E-state index contributed by atoms with van der Waals surface area (Å²) >= 11 is 0. The molecular formula is C23H28N2O4. The quantitative estimate of drug-likeness (QED) is 0.781. The van der Waals surface area contributed by atoms with Crippen molar-refractivity contribution in [3.63, 3.8) is 0 Å². The summed E-state index contributed by atoms with van der Waals surface area (Å²) in [6.07, 6.45) is 2.12. The third kappa shape index (κ3) is 5.08. The maximum atomic E-state index is 13.0. The summed E-state index contributed by atoms with van der Waals surface area (Å²) in [5, 5.41) is 3.03. The fourth-order valence-corrected chi connectivity index (χ4v) is 3.68. The van der Waals surface area contributed by atoms with Crippen LogP contribution in [0.15, 0.2) is 48.5 Å². The van der Waals surface area contributed by atoms with Crippen molar-refractivity contribution in [2.75, 3.05) is 33.9 Å². The van der Waals surface area contributed by atoms with E-state index in [1.165, 1.54) is 19.8 Å². The maximum Gasteiger partial charge on any atom is 0.261 e. The predicted molar refractivity (Wildman–Crippen MR) is 111 cm³/mol. The Balaban J connectivity index is 1.52. The molecule has 0 bridgehead atoms. The van der Waals surface area contributed by atoms with Crippen molar-refractivity contribution in [1.29, 1.82) is 0 Å². The second-order valence-electron chi connectivity index (χ2n) is 7.13. The number of nitrogens with one attached hydrogen (secondary N) is 1. The Hall–Kier alpha value is -3.02. The van der Waals surface area contributed by atoms with Gasteiger partial charge in [0.1, 0.15) is 17.1 Å². The van der Waals surface area contributed by atoms with E-state index in [2.05, 4.69) is 17.4 Å². The topological polar surface area (TPSA) is 67.9 Å². The molecule has 0 atom stereocenters. The molecule has 1 aliphatic rings. The number of hydrogen-bond acceptors (Lipinski definition) is 4. The highest BCUT2D eigenvalue weighted by molar-refractivity contribution is 6.00. The van der Waals surface area contributed by atoms with E-state index in [1.807, 2.05) is 18.2 Å². The number of amides is 2. The molecule has 2 amide bonds. The van der Waals surface area contributed by atoms with Crippen LogP contribution in [-0.4, -0.2) is 50.6 Å². The minimum absolute atomic E-state index is 0.0608. The Morgan fingerprint density at radius 1 is 0.966 bits per heavy atom. The first-order chi connectivity index (χ1) is 14.1. The molecular weight excluding hydrogens is 368 g/mol. The van der Waals surface area contributed by atoms with Crippen molar-refractivity contribution < 1.29 is 19.1 Å². The van der Waals surface area contributed by atoms with Crippen molar-refractivity contribution in [3.8, 4) is 11.5 Å². The van der Waals surface area contributed by atoms with Gasteiger partial charge in [-0.05, 0) is 37.0 Å². The van der Waals surface area contributed by atoms with Crippen LogP contribution in [0.25, 0.3) is 0 Å². The van der Waals surface area contributed by atoms with Gasteiger partial charge >= 0.3 is 0 Å². The molecule has 2 aromatic carbocycles. The zero-order valence-electron chi connectivity index (χ0n) is 17.0. The molecule has 29 heavy (non-hydrogen) atoms. The minimum Gasteiger partial charge on any atom is -0.496 e. The Bertz CT molecular complexity index is 808. The van der Waals surface area contributed by atoms with Gasteiger partial charge in [-0.2, -0.15) is 0 Å². The fraction of sp³-hybridized carbons (Fsp3) is 0.391. The van der Waals surface area contributed by atoms with Gasteiger partial charge in [0.25, 0.3) is 5.91 Å². The van der Waals surface area contributed by atoms with Gasteiger partial charge in [0.05, 0.1) is 14.2 Å². The Morgan fingerprint density at radius 3 is 2.17 bits per heavy atom. The van der Waals surface area contributed by atoms with E-state index < -0.39 is 0 Å². The number of hydrogen-bond donors (Lipinski definition) is 1. The van der Waals surface area contributed by atoms with E-state index in [0.29, 0.717) is 49.5 Å². The van der Waals surface area contributed by atoms with Gasteiger partial charge in [-0.3, -0.25) is 9.59 Å². The van der Waals surface area contributed by atoms with Crippen molar-refractivity contribution in [2.24, 2.45) is 5.92 Å². The molecule has 2 aromatic rings. The molecule has 6 heteroatoms.